The van der Waals surface area contributed by atoms with Crippen LogP contribution in [0.4, 0.5) is 13.2 Å². The first-order valence-corrected chi connectivity index (χ1v) is 13.4. The van der Waals surface area contributed by atoms with E-state index in [9.17, 15) is 31.2 Å². The molecule has 210 valence electrons. The normalized spacial score (nSPS) is 12.2. The number of carbonyl (C=O) groups excluding carboxylic acids is 2. The Morgan fingerprint density at radius 3 is 2.28 bits per heavy atom. The monoisotopic (exact) mass is 567 g/mol. The van der Waals surface area contributed by atoms with Gasteiger partial charge < -0.3 is 4.74 Å². The number of aromatic nitrogens is 2. The number of amides is 2. The summed E-state index contributed by atoms with van der Waals surface area (Å²) in [6.07, 6.45) is -4.87. The predicted octanol–water partition coefficient (Wildman–Crippen LogP) is 3.86. The number of sulfonamides is 1. The molecule has 2 amide bonds. The minimum Gasteiger partial charge on any atom is -0.439 e. The molecule has 3 rings (SSSR count). The Morgan fingerprint density at radius 2 is 1.69 bits per heavy atom. The lowest BCUT2D eigenvalue weighted by atomic mass is 9.93. The van der Waals surface area contributed by atoms with Gasteiger partial charge in [-0.25, -0.2) is 17.8 Å². The van der Waals surface area contributed by atoms with E-state index in [1.165, 1.54) is 32.9 Å². The van der Waals surface area contributed by atoms with E-state index < -0.39 is 39.3 Å². The van der Waals surface area contributed by atoms with Crippen molar-refractivity contribution in [3.8, 4) is 22.9 Å². The quantitative estimate of drug-likeness (QED) is 0.337. The second kappa shape index (κ2) is 11.5. The lowest BCUT2D eigenvalue weighted by Gasteiger charge is -2.27. The highest BCUT2D eigenvalue weighted by molar-refractivity contribution is 7.89. The van der Waals surface area contributed by atoms with Crippen molar-refractivity contribution >= 4 is 21.8 Å². The maximum atomic E-state index is 12.7. The number of aryl methyl sites for hydroxylation is 1. The van der Waals surface area contributed by atoms with Crippen LogP contribution in [0.25, 0.3) is 11.3 Å². The lowest BCUT2D eigenvalue weighted by molar-refractivity contribution is -0.119. The van der Waals surface area contributed by atoms with Gasteiger partial charge in [0.1, 0.15) is 5.75 Å². The summed E-state index contributed by atoms with van der Waals surface area (Å²) in [5.74, 6) is -2.09. The fraction of sp³-hybridized carbons (Fsp3) is 0.320. The van der Waals surface area contributed by atoms with E-state index in [1.807, 2.05) is 6.92 Å². The number of halogens is 3. The second-order valence-electron chi connectivity index (χ2n) is 9.13. The number of nitrogens with one attached hydrogen (secondary N) is 3. The van der Waals surface area contributed by atoms with Crippen LogP contribution in [0.1, 0.15) is 43.6 Å². The first kappa shape index (κ1) is 29.6. The maximum absolute atomic E-state index is 12.7. The molecule has 0 atom stereocenters. The van der Waals surface area contributed by atoms with Gasteiger partial charge in [-0.1, -0.05) is 18.2 Å². The van der Waals surface area contributed by atoms with E-state index in [0.717, 1.165) is 0 Å². The van der Waals surface area contributed by atoms with E-state index in [4.69, 9.17) is 4.74 Å². The van der Waals surface area contributed by atoms with Crippen molar-refractivity contribution in [2.24, 2.45) is 0 Å². The molecule has 3 aromatic rings. The molecule has 1 heterocycles. The van der Waals surface area contributed by atoms with Gasteiger partial charge in [-0.15, -0.1) is 0 Å². The highest BCUT2D eigenvalue weighted by Gasteiger charge is 2.38. The Hall–Kier alpha value is -3.91. The van der Waals surface area contributed by atoms with E-state index in [1.54, 1.807) is 47.1 Å². The summed E-state index contributed by atoms with van der Waals surface area (Å²) >= 11 is 0. The molecular formula is C25H28F3N5O5S. The molecule has 0 radical (unpaired) electrons. The van der Waals surface area contributed by atoms with Crippen LogP contribution in [0.3, 0.4) is 0 Å². The SMILES string of the molecule is CCn1nc(-c2cccc(C(C)(C)NS(=O)(=O)CC(F)(F)F)c2)cc1Oc1ccc(C(=O)NNC(C)=O)cc1. The molecule has 10 nitrogen and oxygen atoms in total. The third kappa shape index (κ3) is 8.29. The summed E-state index contributed by atoms with van der Waals surface area (Å²) in [5.41, 5.74) is 4.96. The van der Waals surface area contributed by atoms with Crippen LogP contribution in [0.2, 0.25) is 0 Å². The summed E-state index contributed by atoms with van der Waals surface area (Å²) in [5, 5.41) is 4.53. The Morgan fingerprint density at radius 1 is 1.03 bits per heavy atom. The zero-order chi connectivity index (χ0) is 29.0. The largest absolute Gasteiger partial charge is 0.439 e. The molecule has 0 aliphatic carbocycles. The van der Waals surface area contributed by atoms with Gasteiger partial charge >= 0.3 is 6.18 Å². The molecule has 0 fully saturated rings. The van der Waals surface area contributed by atoms with Gasteiger partial charge in [0.2, 0.25) is 21.8 Å². The zero-order valence-corrected chi connectivity index (χ0v) is 22.4. The van der Waals surface area contributed by atoms with Gasteiger partial charge in [-0.3, -0.25) is 20.4 Å². The number of rotatable bonds is 9. The molecule has 0 saturated heterocycles. The van der Waals surface area contributed by atoms with E-state index >= 15 is 0 Å². The van der Waals surface area contributed by atoms with Crippen molar-refractivity contribution in [1.29, 1.82) is 0 Å². The summed E-state index contributed by atoms with van der Waals surface area (Å²) in [6, 6.07) is 14.5. The molecule has 0 aliphatic heterocycles. The molecule has 2 aromatic carbocycles. The number of hydrazine groups is 1. The van der Waals surface area contributed by atoms with Crippen LogP contribution < -0.4 is 20.3 Å². The van der Waals surface area contributed by atoms with Crippen molar-refractivity contribution in [3.63, 3.8) is 0 Å². The minimum absolute atomic E-state index is 0.297. The van der Waals surface area contributed by atoms with Crippen LogP contribution in [0.5, 0.6) is 11.6 Å². The third-order valence-corrected chi connectivity index (χ3v) is 6.91. The Kier molecular flexibility index (Phi) is 8.70. The maximum Gasteiger partial charge on any atom is 0.404 e. The van der Waals surface area contributed by atoms with Crippen molar-refractivity contribution in [2.45, 2.75) is 46.0 Å². The molecule has 3 N–H and O–H groups in total. The second-order valence-corrected chi connectivity index (χ2v) is 10.8. The molecule has 39 heavy (non-hydrogen) atoms. The van der Waals surface area contributed by atoms with E-state index in [-0.39, 0.29) is 0 Å². The topological polar surface area (TPSA) is 131 Å². The zero-order valence-electron chi connectivity index (χ0n) is 21.6. The Bertz CT molecular complexity index is 1450. The number of hydrogen-bond donors (Lipinski definition) is 3. The molecule has 0 aliphatic rings. The number of alkyl halides is 3. The van der Waals surface area contributed by atoms with Gasteiger partial charge in [0, 0.05) is 30.7 Å². The molecule has 0 unspecified atom stereocenters. The molecule has 0 saturated carbocycles. The summed E-state index contributed by atoms with van der Waals surface area (Å²) in [6.45, 7) is 6.52. The Balaban J connectivity index is 1.81. The lowest BCUT2D eigenvalue weighted by Crippen LogP contribution is -2.44. The van der Waals surface area contributed by atoms with Gasteiger partial charge in [-0.05, 0) is 56.7 Å². The van der Waals surface area contributed by atoms with Crippen LogP contribution in [0, 0.1) is 0 Å². The highest BCUT2D eigenvalue weighted by atomic mass is 32.2. The van der Waals surface area contributed by atoms with Crippen molar-refractivity contribution in [1.82, 2.24) is 25.4 Å². The molecule has 14 heteroatoms. The summed E-state index contributed by atoms with van der Waals surface area (Å²) in [7, 11) is -4.64. The van der Waals surface area contributed by atoms with Crippen LogP contribution in [-0.2, 0) is 26.9 Å². The average Bonchev–Trinajstić information content (AvgIpc) is 3.23. The van der Waals surface area contributed by atoms with Crippen molar-refractivity contribution < 1.29 is 35.9 Å². The number of ether oxygens (including phenoxy) is 1. The van der Waals surface area contributed by atoms with Crippen LogP contribution in [0.15, 0.2) is 54.6 Å². The number of nitrogens with zero attached hydrogens (tertiary/aromatic N) is 2. The average molecular weight is 568 g/mol. The molecular weight excluding hydrogens is 539 g/mol. The third-order valence-electron chi connectivity index (χ3n) is 5.38. The van der Waals surface area contributed by atoms with Gasteiger partial charge in [0.15, 0.2) is 5.75 Å². The van der Waals surface area contributed by atoms with Gasteiger partial charge in [0.25, 0.3) is 5.91 Å². The van der Waals surface area contributed by atoms with Crippen LogP contribution in [-0.4, -0.2) is 41.9 Å². The first-order chi connectivity index (χ1) is 18.1. The Labute approximate surface area is 223 Å². The van der Waals surface area contributed by atoms with Gasteiger partial charge in [0.05, 0.1) is 11.2 Å². The first-order valence-electron chi connectivity index (χ1n) is 11.7. The van der Waals surface area contributed by atoms with E-state index in [0.29, 0.717) is 40.6 Å². The number of hydrogen-bond acceptors (Lipinski definition) is 6. The molecule has 0 bridgehead atoms. The molecule has 1 aromatic heterocycles. The smallest absolute Gasteiger partial charge is 0.404 e. The predicted molar refractivity (Wildman–Crippen MR) is 137 cm³/mol. The minimum atomic E-state index is -4.87. The standard InChI is InChI=1S/C25H28F3N5O5S/c1-5-33-22(38-20-11-9-17(10-12-20)23(35)30-29-16(2)34)14-21(31-33)18-7-6-8-19(13-18)24(3,4)32-39(36,37)15-25(26,27)28/h6-14,32H,5,15H2,1-4H3,(H,29,34)(H,30,35). The summed E-state index contributed by atoms with van der Waals surface area (Å²) < 4.78 is 71.8. The van der Waals surface area contributed by atoms with E-state index in [2.05, 4.69) is 20.7 Å². The number of carbonyl (C=O) groups is 2. The van der Waals surface area contributed by atoms with Gasteiger partial charge in [-0.2, -0.15) is 18.3 Å². The number of benzene rings is 2. The fourth-order valence-electron chi connectivity index (χ4n) is 3.63. The van der Waals surface area contributed by atoms with Crippen LogP contribution >= 0.6 is 0 Å². The molecule has 0 spiro atoms. The highest BCUT2D eigenvalue weighted by Crippen LogP contribution is 2.31. The van der Waals surface area contributed by atoms with Crippen molar-refractivity contribution in [3.05, 3.63) is 65.7 Å². The van der Waals surface area contributed by atoms with Crippen molar-refractivity contribution in [2.75, 3.05) is 5.75 Å². The fourth-order valence-corrected chi connectivity index (χ4v) is 5.03. The summed E-state index contributed by atoms with van der Waals surface area (Å²) in [4.78, 5) is 23.0.